The maximum atomic E-state index is 13.8. The Morgan fingerprint density at radius 1 is 0.950 bits per heavy atom. The molecule has 9 nitrogen and oxygen atoms in total. The average molecular weight is 540 g/mol. The topological polar surface area (TPSA) is 88.9 Å². The van der Waals surface area contributed by atoms with Crippen molar-refractivity contribution in [1.82, 2.24) is 19.6 Å². The van der Waals surface area contributed by atoms with Crippen LogP contribution >= 0.6 is 0 Å². The van der Waals surface area contributed by atoms with Crippen LogP contribution in [0.4, 0.5) is 11.4 Å². The third kappa shape index (κ3) is 6.00. The van der Waals surface area contributed by atoms with E-state index in [1.807, 2.05) is 48.2 Å². The Bertz CT molecular complexity index is 1530. The van der Waals surface area contributed by atoms with Gasteiger partial charge in [-0.25, -0.2) is 0 Å². The van der Waals surface area contributed by atoms with Crippen LogP contribution in [-0.4, -0.2) is 65.3 Å². The number of rotatable bonds is 8. The lowest BCUT2D eigenvalue weighted by Gasteiger charge is -2.34. The molecule has 9 heteroatoms. The van der Waals surface area contributed by atoms with E-state index in [-0.39, 0.29) is 22.9 Å². The zero-order chi connectivity index (χ0) is 28.1. The summed E-state index contributed by atoms with van der Waals surface area (Å²) in [7, 11) is 1.59. The van der Waals surface area contributed by atoms with Gasteiger partial charge in [-0.3, -0.25) is 9.59 Å². The average Bonchev–Trinajstić information content (AvgIpc) is 3.00. The van der Waals surface area contributed by atoms with Gasteiger partial charge in [0.25, 0.3) is 11.5 Å². The highest BCUT2D eigenvalue weighted by molar-refractivity contribution is 5.95. The summed E-state index contributed by atoms with van der Waals surface area (Å²) in [5.41, 5.74) is 2.67. The predicted octanol–water partition coefficient (Wildman–Crippen LogP) is 4.86. The van der Waals surface area contributed by atoms with Crippen LogP contribution in [0, 0.1) is 6.92 Å². The zero-order valence-electron chi connectivity index (χ0n) is 23.0. The molecule has 1 N–H and O–H groups in total. The zero-order valence-corrected chi connectivity index (χ0v) is 23.0. The van der Waals surface area contributed by atoms with Gasteiger partial charge in [0.1, 0.15) is 11.5 Å². The number of methoxy groups -OCH3 is 1. The van der Waals surface area contributed by atoms with E-state index in [1.54, 1.807) is 43.5 Å². The fourth-order valence-corrected chi connectivity index (χ4v) is 4.60. The molecule has 1 amide bonds. The molecule has 4 aromatic rings. The summed E-state index contributed by atoms with van der Waals surface area (Å²) in [5, 5.41) is 7.60. The molecule has 0 unspecified atom stereocenters. The fourth-order valence-electron chi connectivity index (χ4n) is 4.60. The number of hydrogen-bond donors (Lipinski definition) is 1. The van der Waals surface area contributed by atoms with Crippen molar-refractivity contribution in [1.29, 1.82) is 0 Å². The van der Waals surface area contributed by atoms with Crippen molar-refractivity contribution in [3.05, 3.63) is 100 Å². The number of likely N-dealkylation sites (N-methyl/N-ethyl adjacent to an activating group) is 1. The number of piperazine rings is 1. The molecule has 206 valence electrons. The Hall–Kier alpha value is -4.63. The molecule has 1 aromatic heterocycles. The van der Waals surface area contributed by atoms with Gasteiger partial charge >= 0.3 is 0 Å². The molecule has 1 aliphatic heterocycles. The van der Waals surface area contributed by atoms with Crippen molar-refractivity contribution >= 4 is 17.3 Å². The quantitative estimate of drug-likeness (QED) is 0.342. The Kier molecular flexibility index (Phi) is 8.12. The molecule has 1 aliphatic rings. The van der Waals surface area contributed by atoms with E-state index in [0.717, 1.165) is 25.2 Å². The number of carbonyl (C=O) groups excluding carboxylic acids is 1. The molecular weight excluding hydrogens is 506 g/mol. The molecule has 0 radical (unpaired) electrons. The molecule has 1 fully saturated rings. The number of benzene rings is 3. The van der Waals surface area contributed by atoms with Crippen molar-refractivity contribution in [2.75, 3.05) is 45.2 Å². The smallest absolute Gasteiger partial charge is 0.299 e. The molecular formula is C31H33N5O4. The van der Waals surface area contributed by atoms with E-state index in [4.69, 9.17) is 9.47 Å². The number of ether oxygens (including phenoxy) is 2. The second kappa shape index (κ2) is 12.0. The summed E-state index contributed by atoms with van der Waals surface area (Å²) in [6.45, 7) is 8.20. The molecule has 0 atom stereocenters. The highest BCUT2D eigenvalue weighted by atomic mass is 16.5. The van der Waals surface area contributed by atoms with Gasteiger partial charge in [-0.05, 0) is 68.1 Å². The van der Waals surface area contributed by atoms with Gasteiger partial charge in [-0.2, -0.15) is 9.78 Å². The van der Waals surface area contributed by atoms with E-state index >= 15 is 0 Å². The second-order valence-corrected chi connectivity index (χ2v) is 9.65. The van der Waals surface area contributed by atoms with E-state index in [9.17, 15) is 9.59 Å². The van der Waals surface area contributed by atoms with Gasteiger partial charge in [0, 0.05) is 37.4 Å². The van der Waals surface area contributed by atoms with Crippen LogP contribution in [-0.2, 0) is 0 Å². The Morgan fingerprint density at radius 3 is 2.33 bits per heavy atom. The molecule has 0 aliphatic carbocycles. The first kappa shape index (κ1) is 27.0. The molecule has 3 aromatic carbocycles. The molecule has 5 rings (SSSR count). The van der Waals surface area contributed by atoms with Crippen LogP contribution in [0.15, 0.2) is 83.8 Å². The third-order valence-electron chi connectivity index (χ3n) is 6.99. The number of anilines is 2. The van der Waals surface area contributed by atoms with Crippen LogP contribution in [0.3, 0.4) is 0 Å². The van der Waals surface area contributed by atoms with E-state index in [0.29, 0.717) is 41.5 Å². The predicted molar refractivity (Wildman–Crippen MR) is 155 cm³/mol. The highest BCUT2D eigenvalue weighted by Crippen LogP contribution is 2.30. The van der Waals surface area contributed by atoms with Gasteiger partial charge in [0.05, 0.1) is 19.0 Å². The SMILES string of the molecule is CCN1CCN(C(=O)c2cccc(Nc3c(Oc4ccc(OC)cc4)cnn(-c4ccc(C)cc4)c3=O)c2)CC1. The number of carbonyl (C=O) groups is 1. The van der Waals surface area contributed by atoms with E-state index in [1.165, 1.54) is 10.9 Å². The number of nitrogens with zero attached hydrogens (tertiary/aromatic N) is 4. The molecule has 0 spiro atoms. The highest BCUT2D eigenvalue weighted by Gasteiger charge is 2.22. The van der Waals surface area contributed by atoms with Crippen LogP contribution in [0.5, 0.6) is 17.2 Å². The maximum Gasteiger partial charge on any atom is 0.299 e. The molecule has 2 heterocycles. The van der Waals surface area contributed by atoms with Gasteiger partial charge in [0.15, 0.2) is 11.4 Å². The molecule has 0 bridgehead atoms. The van der Waals surface area contributed by atoms with E-state index < -0.39 is 0 Å². The van der Waals surface area contributed by atoms with Crippen molar-refractivity contribution in [2.45, 2.75) is 13.8 Å². The van der Waals surface area contributed by atoms with Crippen LogP contribution in [0.25, 0.3) is 5.69 Å². The van der Waals surface area contributed by atoms with Crippen LogP contribution in [0.1, 0.15) is 22.8 Å². The third-order valence-corrected chi connectivity index (χ3v) is 6.99. The van der Waals surface area contributed by atoms with Gasteiger partial charge in [-0.15, -0.1) is 0 Å². The van der Waals surface area contributed by atoms with Gasteiger partial charge < -0.3 is 24.6 Å². The number of amides is 1. The Balaban J connectivity index is 1.47. The first-order valence-electron chi connectivity index (χ1n) is 13.3. The molecule has 40 heavy (non-hydrogen) atoms. The lowest BCUT2D eigenvalue weighted by atomic mass is 10.1. The minimum atomic E-state index is -0.387. The standard InChI is InChI=1S/C31H33N5O4/c1-4-34-16-18-35(19-17-34)30(37)23-6-5-7-24(20-23)33-29-28(40-27-14-12-26(39-3)13-15-27)21-32-36(31(29)38)25-10-8-22(2)9-11-25/h5-15,20-21,33H,4,16-19H2,1-3H3. The lowest BCUT2D eigenvalue weighted by Crippen LogP contribution is -2.48. The first-order chi connectivity index (χ1) is 19.4. The second-order valence-electron chi connectivity index (χ2n) is 9.65. The summed E-state index contributed by atoms with van der Waals surface area (Å²) in [4.78, 5) is 31.2. The summed E-state index contributed by atoms with van der Waals surface area (Å²) in [6, 6.07) is 21.8. The largest absolute Gasteiger partial charge is 0.497 e. The van der Waals surface area contributed by atoms with Crippen molar-refractivity contribution in [3.63, 3.8) is 0 Å². The normalized spacial score (nSPS) is 13.6. The lowest BCUT2D eigenvalue weighted by molar-refractivity contribution is 0.0643. The van der Waals surface area contributed by atoms with Crippen LogP contribution < -0.4 is 20.3 Å². The van der Waals surface area contributed by atoms with Crippen molar-refractivity contribution in [2.24, 2.45) is 0 Å². The van der Waals surface area contributed by atoms with Gasteiger partial charge in [0.2, 0.25) is 0 Å². The van der Waals surface area contributed by atoms with Crippen LogP contribution in [0.2, 0.25) is 0 Å². The maximum absolute atomic E-state index is 13.8. The molecule has 0 saturated carbocycles. The minimum Gasteiger partial charge on any atom is -0.497 e. The Morgan fingerprint density at radius 2 is 1.65 bits per heavy atom. The Labute approximate surface area is 233 Å². The van der Waals surface area contributed by atoms with Gasteiger partial charge in [-0.1, -0.05) is 30.7 Å². The number of aryl methyl sites for hydroxylation is 1. The van der Waals surface area contributed by atoms with Crippen molar-refractivity contribution in [3.8, 4) is 22.9 Å². The summed E-state index contributed by atoms with van der Waals surface area (Å²) >= 11 is 0. The number of hydrogen-bond acceptors (Lipinski definition) is 7. The summed E-state index contributed by atoms with van der Waals surface area (Å²) in [5.74, 6) is 1.44. The summed E-state index contributed by atoms with van der Waals surface area (Å²) in [6.07, 6.45) is 1.51. The summed E-state index contributed by atoms with van der Waals surface area (Å²) < 4.78 is 12.6. The first-order valence-corrected chi connectivity index (χ1v) is 13.3. The fraction of sp³-hybridized carbons (Fsp3) is 0.258. The minimum absolute atomic E-state index is 0.0269. The van der Waals surface area contributed by atoms with Crippen molar-refractivity contribution < 1.29 is 14.3 Å². The monoisotopic (exact) mass is 539 g/mol. The van der Waals surface area contributed by atoms with E-state index in [2.05, 4.69) is 22.2 Å². The number of aromatic nitrogens is 2. The number of nitrogens with one attached hydrogen (secondary N) is 1. The molecule has 1 saturated heterocycles.